The Hall–Kier alpha value is -2.41. The van der Waals surface area contributed by atoms with E-state index < -0.39 is 6.04 Å². The van der Waals surface area contributed by atoms with Crippen LogP contribution in [0.2, 0.25) is 0 Å². The molecule has 25 heavy (non-hydrogen) atoms. The van der Waals surface area contributed by atoms with Crippen LogP contribution in [0.3, 0.4) is 0 Å². The lowest BCUT2D eigenvalue weighted by atomic mass is 10.2. The number of hydrogen-bond donors (Lipinski definition) is 2. The first-order valence-electron chi connectivity index (χ1n) is 8.70. The number of nitrogens with one attached hydrogen (secondary N) is 2. The van der Waals surface area contributed by atoms with Crippen LogP contribution >= 0.6 is 0 Å². The molecule has 3 amide bonds. The van der Waals surface area contributed by atoms with Gasteiger partial charge in [0, 0.05) is 12.5 Å². The Morgan fingerprint density at radius 3 is 2.80 bits per heavy atom. The number of nitrogens with zero attached hydrogens (tertiary/aromatic N) is 1. The molecule has 2 N–H and O–H groups in total. The average molecular weight is 347 g/mol. The van der Waals surface area contributed by atoms with E-state index in [-0.39, 0.29) is 24.1 Å². The Morgan fingerprint density at radius 2 is 2.08 bits per heavy atom. The van der Waals surface area contributed by atoms with Gasteiger partial charge in [-0.2, -0.15) is 0 Å². The lowest BCUT2D eigenvalue weighted by molar-refractivity contribution is -0.123. The highest BCUT2D eigenvalue weighted by Gasteiger charge is 2.39. The molecule has 1 saturated heterocycles. The number of hydrogen-bond acceptors (Lipinski definition) is 5. The summed E-state index contributed by atoms with van der Waals surface area (Å²) in [7, 11) is 0. The Labute approximate surface area is 147 Å². The fourth-order valence-corrected chi connectivity index (χ4v) is 2.66. The van der Waals surface area contributed by atoms with Crippen LogP contribution < -0.4 is 20.5 Å². The fourth-order valence-electron chi connectivity index (χ4n) is 2.66. The predicted octanol–water partition coefficient (Wildman–Crippen LogP) is 1.92. The second-order valence-electron chi connectivity index (χ2n) is 5.90. The van der Waals surface area contributed by atoms with Crippen LogP contribution in [0, 0.1) is 0 Å². The monoisotopic (exact) mass is 347 g/mol. The SMILES string of the molecule is CCCCCC(=O)NN[C@H]1CC(=O)N(c2cccc(OCC)c2)C1=O. The van der Waals surface area contributed by atoms with E-state index in [1.165, 1.54) is 0 Å². The van der Waals surface area contributed by atoms with Gasteiger partial charge in [-0.15, -0.1) is 0 Å². The highest BCUT2D eigenvalue weighted by molar-refractivity contribution is 6.22. The number of unbranched alkanes of at least 4 members (excludes halogenated alkanes) is 2. The summed E-state index contributed by atoms with van der Waals surface area (Å²) in [6, 6.07) is 6.09. The molecule has 0 saturated carbocycles. The van der Waals surface area contributed by atoms with Crippen molar-refractivity contribution in [3.8, 4) is 5.75 Å². The van der Waals surface area contributed by atoms with Crippen LogP contribution in [0.15, 0.2) is 24.3 Å². The smallest absolute Gasteiger partial charge is 0.253 e. The van der Waals surface area contributed by atoms with Crippen LogP contribution in [-0.2, 0) is 14.4 Å². The predicted molar refractivity (Wildman–Crippen MR) is 93.9 cm³/mol. The minimum atomic E-state index is -0.752. The van der Waals surface area contributed by atoms with Crippen LogP contribution in [0.4, 0.5) is 5.69 Å². The number of imide groups is 1. The van der Waals surface area contributed by atoms with Crippen molar-refractivity contribution in [2.24, 2.45) is 0 Å². The largest absolute Gasteiger partial charge is 0.494 e. The molecule has 1 heterocycles. The van der Waals surface area contributed by atoms with Crippen molar-refractivity contribution in [3.63, 3.8) is 0 Å². The van der Waals surface area contributed by atoms with Gasteiger partial charge >= 0.3 is 0 Å². The van der Waals surface area contributed by atoms with Gasteiger partial charge in [0.25, 0.3) is 5.91 Å². The van der Waals surface area contributed by atoms with Gasteiger partial charge < -0.3 is 4.74 Å². The van der Waals surface area contributed by atoms with Gasteiger partial charge in [-0.25, -0.2) is 10.3 Å². The molecular weight excluding hydrogens is 322 g/mol. The standard InChI is InChI=1S/C18H25N3O4/c1-3-5-6-10-16(22)20-19-15-12-17(23)21(18(15)24)13-8-7-9-14(11-13)25-4-2/h7-9,11,15,19H,3-6,10,12H2,1-2H3,(H,20,22)/t15-/m0/s1. The van der Waals surface area contributed by atoms with E-state index >= 15 is 0 Å². The molecular formula is C18H25N3O4. The quantitative estimate of drug-likeness (QED) is 0.405. The van der Waals surface area contributed by atoms with Crippen molar-refractivity contribution in [1.29, 1.82) is 0 Å². The zero-order valence-corrected chi connectivity index (χ0v) is 14.7. The maximum atomic E-state index is 12.5. The Bertz CT molecular complexity index is 633. The molecule has 0 radical (unpaired) electrons. The number of amides is 3. The minimum Gasteiger partial charge on any atom is -0.494 e. The number of rotatable bonds is 9. The van der Waals surface area contributed by atoms with Gasteiger partial charge in [0.05, 0.1) is 18.7 Å². The first kappa shape index (κ1) is 18.9. The molecule has 0 spiro atoms. The Morgan fingerprint density at radius 1 is 1.28 bits per heavy atom. The Kier molecular flexibility index (Phi) is 6.94. The summed E-state index contributed by atoms with van der Waals surface area (Å²) < 4.78 is 5.41. The highest BCUT2D eigenvalue weighted by atomic mass is 16.5. The van der Waals surface area contributed by atoms with Crippen molar-refractivity contribution >= 4 is 23.4 Å². The first-order chi connectivity index (χ1) is 12.1. The van der Waals surface area contributed by atoms with Gasteiger partial charge in [-0.1, -0.05) is 25.8 Å². The molecule has 136 valence electrons. The van der Waals surface area contributed by atoms with Gasteiger partial charge in [-0.05, 0) is 25.5 Å². The molecule has 2 rings (SSSR count). The normalized spacial score (nSPS) is 17.0. The third kappa shape index (κ3) is 5.03. The molecule has 0 aliphatic carbocycles. The molecule has 7 heteroatoms. The number of anilines is 1. The summed E-state index contributed by atoms with van der Waals surface area (Å²) in [5, 5.41) is 0. The van der Waals surface area contributed by atoms with Gasteiger partial charge in [0.15, 0.2) is 0 Å². The van der Waals surface area contributed by atoms with Gasteiger partial charge in [0.2, 0.25) is 11.8 Å². The average Bonchev–Trinajstić information content (AvgIpc) is 2.87. The number of ether oxygens (including phenoxy) is 1. The van der Waals surface area contributed by atoms with Crippen molar-refractivity contribution in [2.45, 2.75) is 52.0 Å². The molecule has 1 aromatic carbocycles. The molecule has 1 fully saturated rings. The second-order valence-corrected chi connectivity index (χ2v) is 5.90. The van der Waals surface area contributed by atoms with E-state index in [0.29, 0.717) is 24.5 Å². The van der Waals surface area contributed by atoms with E-state index in [2.05, 4.69) is 17.8 Å². The molecule has 0 aromatic heterocycles. The summed E-state index contributed by atoms with van der Waals surface area (Å²) in [6.07, 6.45) is 3.23. The Balaban J connectivity index is 1.95. The van der Waals surface area contributed by atoms with Crippen LogP contribution in [-0.4, -0.2) is 30.4 Å². The first-order valence-corrected chi connectivity index (χ1v) is 8.70. The van der Waals surface area contributed by atoms with E-state index in [1.807, 2.05) is 6.92 Å². The number of benzene rings is 1. The van der Waals surface area contributed by atoms with Crippen molar-refractivity contribution in [1.82, 2.24) is 10.9 Å². The molecule has 1 aliphatic rings. The van der Waals surface area contributed by atoms with Crippen LogP contribution in [0.5, 0.6) is 5.75 Å². The highest BCUT2D eigenvalue weighted by Crippen LogP contribution is 2.26. The van der Waals surface area contributed by atoms with E-state index in [1.54, 1.807) is 24.3 Å². The molecule has 1 atom stereocenters. The molecule has 0 bridgehead atoms. The summed E-state index contributed by atoms with van der Waals surface area (Å²) >= 11 is 0. The molecule has 0 unspecified atom stereocenters. The molecule has 1 aromatic rings. The topological polar surface area (TPSA) is 87.7 Å². The van der Waals surface area contributed by atoms with E-state index in [9.17, 15) is 14.4 Å². The van der Waals surface area contributed by atoms with Crippen molar-refractivity contribution in [2.75, 3.05) is 11.5 Å². The van der Waals surface area contributed by atoms with Gasteiger partial charge in [0.1, 0.15) is 11.8 Å². The van der Waals surface area contributed by atoms with E-state index in [4.69, 9.17) is 4.74 Å². The van der Waals surface area contributed by atoms with Crippen molar-refractivity contribution in [3.05, 3.63) is 24.3 Å². The minimum absolute atomic E-state index is 0.00688. The zero-order chi connectivity index (χ0) is 18.2. The lowest BCUT2D eigenvalue weighted by Crippen LogP contribution is -2.48. The summed E-state index contributed by atoms with van der Waals surface area (Å²) in [5.41, 5.74) is 5.68. The molecule has 7 nitrogen and oxygen atoms in total. The van der Waals surface area contributed by atoms with Crippen LogP contribution in [0.25, 0.3) is 0 Å². The maximum Gasteiger partial charge on any atom is 0.253 e. The summed E-state index contributed by atoms with van der Waals surface area (Å²) in [4.78, 5) is 37.6. The third-order valence-corrected chi connectivity index (χ3v) is 3.93. The number of hydrazine groups is 1. The van der Waals surface area contributed by atoms with Crippen LogP contribution in [0.1, 0.15) is 46.0 Å². The second kappa shape index (κ2) is 9.17. The lowest BCUT2D eigenvalue weighted by Gasteiger charge is -2.16. The number of carbonyl (C=O) groups excluding carboxylic acids is 3. The maximum absolute atomic E-state index is 12.5. The van der Waals surface area contributed by atoms with E-state index in [0.717, 1.165) is 24.2 Å². The third-order valence-electron chi connectivity index (χ3n) is 3.93. The summed E-state index contributed by atoms with van der Waals surface area (Å²) in [6.45, 7) is 4.43. The fraction of sp³-hybridized carbons (Fsp3) is 0.500. The van der Waals surface area contributed by atoms with Gasteiger partial charge in [-0.3, -0.25) is 19.8 Å². The molecule has 1 aliphatic heterocycles. The zero-order valence-electron chi connectivity index (χ0n) is 14.7. The van der Waals surface area contributed by atoms with Crippen molar-refractivity contribution < 1.29 is 19.1 Å². The summed E-state index contributed by atoms with van der Waals surface area (Å²) in [5.74, 6) is -0.268. The number of carbonyl (C=O) groups is 3.